The number of halogens is 2. The molecule has 0 bridgehead atoms. The predicted octanol–water partition coefficient (Wildman–Crippen LogP) is 6.71. The fourth-order valence-corrected chi connectivity index (χ4v) is 6.57. The van der Waals surface area contributed by atoms with Gasteiger partial charge in [-0.2, -0.15) is 0 Å². The Morgan fingerprint density at radius 1 is 0.833 bits per heavy atom. The van der Waals surface area contributed by atoms with E-state index in [4.69, 9.17) is 23.2 Å². The lowest BCUT2D eigenvalue weighted by Gasteiger charge is -2.44. The zero-order valence-electron chi connectivity index (χ0n) is 24.3. The highest BCUT2D eigenvalue weighted by atomic mass is 35.5. The maximum atomic E-state index is 13.8. The van der Waals surface area contributed by atoms with E-state index < -0.39 is 5.41 Å². The topological polar surface area (TPSA) is 55.9 Å². The largest absolute Gasteiger partial charge is 0.288 e. The molecule has 0 spiro atoms. The van der Waals surface area contributed by atoms with Crippen LogP contribution in [0.2, 0.25) is 10.0 Å². The maximum Gasteiger partial charge on any atom is 0.268 e. The van der Waals surface area contributed by atoms with Crippen LogP contribution in [0.25, 0.3) is 0 Å². The van der Waals surface area contributed by atoms with Gasteiger partial charge in [-0.1, -0.05) is 77.8 Å². The molecule has 0 aromatic heterocycles. The average Bonchev–Trinajstić information content (AvgIpc) is 3.54. The third-order valence-electron chi connectivity index (χ3n) is 8.83. The number of nitrogens with one attached hydrogen (secondary N) is 1. The molecule has 0 atom stereocenters. The van der Waals surface area contributed by atoms with Gasteiger partial charge in [0.15, 0.2) is 0 Å². The molecule has 2 aliphatic rings. The highest BCUT2D eigenvalue weighted by molar-refractivity contribution is 6.42. The van der Waals surface area contributed by atoms with Crippen LogP contribution in [0, 0.1) is 0 Å². The van der Waals surface area contributed by atoms with Gasteiger partial charge in [-0.15, -0.1) is 0 Å². The number of hydrogen-bond acceptors (Lipinski definition) is 4. The van der Waals surface area contributed by atoms with Gasteiger partial charge in [-0.05, 0) is 86.3 Å². The fourth-order valence-electron chi connectivity index (χ4n) is 6.25. The number of unbranched alkanes of at least 4 members (excludes halogenated alkanes) is 1. The predicted molar refractivity (Wildman–Crippen MR) is 170 cm³/mol. The van der Waals surface area contributed by atoms with E-state index in [2.05, 4.69) is 33.6 Å². The van der Waals surface area contributed by atoms with Gasteiger partial charge in [0.25, 0.3) is 5.91 Å². The first kappa shape index (κ1) is 30.6. The van der Waals surface area contributed by atoms with Gasteiger partial charge < -0.3 is 0 Å². The summed E-state index contributed by atoms with van der Waals surface area (Å²) in [4.78, 5) is 27.5. The summed E-state index contributed by atoms with van der Waals surface area (Å²) in [6, 6.07) is 23.8. The molecule has 0 unspecified atom stereocenters. The van der Waals surface area contributed by atoms with E-state index in [1.54, 1.807) is 5.01 Å². The Bertz CT molecular complexity index is 1370. The first-order valence-electron chi connectivity index (χ1n) is 15.0. The molecule has 2 amide bonds. The number of carbonyl (C=O) groups excluding carboxylic acids is 2. The molecule has 0 aliphatic carbocycles. The van der Waals surface area contributed by atoms with Crippen molar-refractivity contribution < 1.29 is 9.59 Å². The van der Waals surface area contributed by atoms with Crippen LogP contribution in [0.3, 0.4) is 0 Å². The van der Waals surface area contributed by atoms with Crippen molar-refractivity contribution in [1.29, 1.82) is 0 Å². The number of aryl methyl sites for hydroxylation is 2. The molecule has 1 N–H and O–H groups in total. The summed E-state index contributed by atoms with van der Waals surface area (Å²) in [6.45, 7) is 3.04. The second-order valence-electron chi connectivity index (χ2n) is 11.5. The van der Waals surface area contributed by atoms with Crippen molar-refractivity contribution in [3.8, 4) is 0 Å². The fraction of sp³-hybridized carbons (Fsp3) is 0.412. The molecule has 2 saturated heterocycles. The monoisotopic (exact) mass is 606 g/mol. The van der Waals surface area contributed by atoms with E-state index in [0.717, 1.165) is 68.3 Å². The first-order valence-corrected chi connectivity index (χ1v) is 15.8. The van der Waals surface area contributed by atoms with Crippen molar-refractivity contribution in [3.05, 3.63) is 105 Å². The third kappa shape index (κ3) is 7.00. The number of rotatable bonds is 10. The molecule has 8 heteroatoms. The van der Waals surface area contributed by atoms with Gasteiger partial charge in [0.2, 0.25) is 5.91 Å². The molecular weight excluding hydrogens is 567 g/mol. The zero-order valence-corrected chi connectivity index (χ0v) is 25.8. The Morgan fingerprint density at radius 3 is 2.21 bits per heavy atom. The summed E-state index contributed by atoms with van der Waals surface area (Å²) in [6.07, 6.45) is 7.19. The lowest BCUT2D eigenvalue weighted by molar-refractivity contribution is -0.135. The van der Waals surface area contributed by atoms with Crippen molar-refractivity contribution in [3.63, 3.8) is 0 Å². The number of hydrazine groups is 2. The summed E-state index contributed by atoms with van der Waals surface area (Å²) < 4.78 is 0. The molecule has 0 radical (unpaired) electrons. The average molecular weight is 608 g/mol. The van der Waals surface area contributed by atoms with Crippen LogP contribution in [-0.2, 0) is 23.1 Å². The van der Waals surface area contributed by atoms with E-state index in [-0.39, 0.29) is 11.8 Å². The van der Waals surface area contributed by atoms with Crippen LogP contribution in [-0.4, -0.2) is 60.1 Å². The van der Waals surface area contributed by atoms with E-state index in [0.29, 0.717) is 36.0 Å². The molecule has 0 saturated carbocycles. The Kier molecular flexibility index (Phi) is 10.2. The summed E-state index contributed by atoms with van der Waals surface area (Å²) in [7, 11) is 1.85. The zero-order chi connectivity index (χ0) is 29.5. The van der Waals surface area contributed by atoms with E-state index in [1.165, 1.54) is 5.56 Å². The van der Waals surface area contributed by atoms with Gasteiger partial charge >= 0.3 is 0 Å². The molecule has 2 heterocycles. The van der Waals surface area contributed by atoms with E-state index >= 15 is 0 Å². The van der Waals surface area contributed by atoms with E-state index in [9.17, 15) is 9.59 Å². The SMILES string of the molecule is CN(C(=O)c1ccccc1CCCCc1ccc(Cl)c(Cl)c1)N1CCC(C(=O)NN2CCCC2)(c2ccccc2)CC1. The number of hydrogen-bond donors (Lipinski definition) is 1. The van der Waals surface area contributed by atoms with Crippen molar-refractivity contribution >= 4 is 35.0 Å². The molecule has 222 valence electrons. The lowest BCUT2D eigenvalue weighted by atomic mass is 9.72. The van der Waals surface area contributed by atoms with Crippen molar-refractivity contribution in [1.82, 2.24) is 20.5 Å². The minimum atomic E-state index is -0.615. The van der Waals surface area contributed by atoms with Crippen LogP contribution in [0.4, 0.5) is 0 Å². The van der Waals surface area contributed by atoms with Crippen LogP contribution in [0.15, 0.2) is 72.8 Å². The third-order valence-corrected chi connectivity index (χ3v) is 9.57. The lowest BCUT2D eigenvalue weighted by Crippen LogP contribution is -2.57. The Labute approximate surface area is 259 Å². The number of piperidine rings is 1. The summed E-state index contributed by atoms with van der Waals surface area (Å²) >= 11 is 12.2. The van der Waals surface area contributed by atoms with Crippen molar-refractivity contribution in [2.24, 2.45) is 0 Å². The second kappa shape index (κ2) is 14.0. The van der Waals surface area contributed by atoms with Crippen LogP contribution in [0.5, 0.6) is 0 Å². The number of carbonyl (C=O) groups is 2. The summed E-state index contributed by atoms with van der Waals surface area (Å²) in [5.41, 5.74) is 6.60. The van der Waals surface area contributed by atoms with Crippen LogP contribution in [0.1, 0.15) is 65.6 Å². The first-order chi connectivity index (χ1) is 20.4. The quantitative estimate of drug-likeness (QED) is 0.261. The molecule has 5 rings (SSSR count). The number of amides is 2. The molecule has 42 heavy (non-hydrogen) atoms. The number of benzene rings is 3. The highest BCUT2D eigenvalue weighted by Crippen LogP contribution is 2.37. The maximum absolute atomic E-state index is 13.8. The van der Waals surface area contributed by atoms with E-state index in [1.807, 2.05) is 61.6 Å². The standard InChI is InChI=1S/C34H40Cl2N4O2/c1-38(32(41)29-16-8-7-13-27(29)12-6-5-11-26-17-18-30(35)31(36)25-26)40-23-19-34(20-24-40,28-14-3-2-4-15-28)33(42)37-39-21-9-10-22-39/h2-4,7-8,13-18,25H,5-6,9-12,19-24H2,1H3,(H,37,42). The minimum absolute atomic E-state index is 0.0104. The van der Waals surface area contributed by atoms with Gasteiger partial charge in [0.05, 0.1) is 15.5 Å². The second-order valence-corrected chi connectivity index (χ2v) is 12.3. The Morgan fingerprint density at radius 2 is 1.50 bits per heavy atom. The number of nitrogens with zero attached hydrogens (tertiary/aromatic N) is 3. The minimum Gasteiger partial charge on any atom is -0.288 e. The molecule has 3 aromatic rings. The molecule has 2 aliphatic heterocycles. The molecule has 2 fully saturated rings. The van der Waals surface area contributed by atoms with Crippen molar-refractivity contribution in [2.75, 3.05) is 33.2 Å². The van der Waals surface area contributed by atoms with Gasteiger partial charge in [0.1, 0.15) is 0 Å². The molecular formula is C34H40Cl2N4O2. The Balaban J connectivity index is 1.21. The van der Waals surface area contributed by atoms with Gasteiger partial charge in [-0.3, -0.25) is 20.0 Å². The molecule has 6 nitrogen and oxygen atoms in total. The normalized spacial score (nSPS) is 17.2. The van der Waals surface area contributed by atoms with Gasteiger partial charge in [-0.25, -0.2) is 10.0 Å². The highest BCUT2D eigenvalue weighted by Gasteiger charge is 2.44. The van der Waals surface area contributed by atoms with Crippen LogP contribution < -0.4 is 5.43 Å². The van der Waals surface area contributed by atoms with Gasteiger partial charge in [0, 0.05) is 38.8 Å². The summed E-state index contributed by atoms with van der Waals surface area (Å²) in [5, 5.41) is 7.05. The van der Waals surface area contributed by atoms with Crippen molar-refractivity contribution in [2.45, 2.75) is 56.8 Å². The Hall–Kier alpha value is -2.90. The summed E-state index contributed by atoms with van der Waals surface area (Å²) in [5.74, 6) is 0.0549. The molecule has 3 aromatic carbocycles. The van der Waals surface area contributed by atoms with Crippen LogP contribution >= 0.6 is 23.2 Å². The smallest absolute Gasteiger partial charge is 0.268 e.